The second kappa shape index (κ2) is 6.21. The van der Waals surface area contributed by atoms with Gasteiger partial charge in [-0.2, -0.15) is 0 Å². The zero-order valence-corrected chi connectivity index (χ0v) is 11.4. The molecule has 2 rings (SSSR count). The number of ether oxygens (including phenoxy) is 1. The van der Waals surface area contributed by atoms with E-state index in [0.29, 0.717) is 10.5 Å². The minimum atomic E-state index is -1.02. The topological polar surface area (TPSA) is 76.5 Å². The van der Waals surface area contributed by atoms with Gasteiger partial charge in [-0.25, -0.2) is 9.59 Å². The number of aromatic nitrogens is 1. The van der Waals surface area contributed by atoms with E-state index in [1.165, 1.54) is 31.1 Å². The molecule has 0 aliphatic carbocycles. The van der Waals surface area contributed by atoms with Gasteiger partial charge in [-0.1, -0.05) is 17.8 Å². The van der Waals surface area contributed by atoms with Gasteiger partial charge >= 0.3 is 11.9 Å². The van der Waals surface area contributed by atoms with Crippen LogP contribution in [-0.2, 0) is 4.74 Å². The molecule has 102 valence electrons. The second-order valence-corrected chi connectivity index (χ2v) is 4.98. The summed E-state index contributed by atoms with van der Waals surface area (Å²) in [5.74, 6) is -1.44. The maximum Gasteiger partial charge on any atom is 0.337 e. The molecular formula is C14H11NO4S. The third-order valence-corrected chi connectivity index (χ3v) is 3.40. The van der Waals surface area contributed by atoms with Gasteiger partial charge in [0.2, 0.25) is 0 Å². The average molecular weight is 289 g/mol. The van der Waals surface area contributed by atoms with E-state index < -0.39 is 11.9 Å². The zero-order chi connectivity index (χ0) is 14.5. The van der Waals surface area contributed by atoms with E-state index in [9.17, 15) is 9.59 Å². The Kier molecular flexibility index (Phi) is 4.37. The Balaban J connectivity index is 2.24. The highest BCUT2D eigenvalue weighted by Crippen LogP contribution is 2.28. The van der Waals surface area contributed by atoms with Crippen molar-refractivity contribution in [2.75, 3.05) is 7.11 Å². The van der Waals surface area contributed by atoms with E-state index in [1.807, 2.05) is 6.07 Å². The van der Waals surface area contributed by atoms with Gasteiger partial charge in [-0.15, -0.1) is 0 Å². The number of esters is 1. The molecule has 0 saturated heterocycles. The highest BCUT2D eigenvalue weighted by molar-refractivity contribution is 7.99. The normalized spacial score (nSPS) is 10.1. The Labute approximate surface area is 119 Å². The molecular weight excluding hydrogens is 278 g/mol. The van der Waals surface area contributed by atoms with Crippen molar-refractivity contribution in [3.8, 4) is 0 Å². The Morgan fingerprint density at radius 2 is 1.90 bits per heavy atom. The van der Waals surface area contributed by atoms with Crippen LogP contribution in [0.15, 0.2) is 52.5 Å². The van der Waals surface area contributed by atoms with Crippen LogP contribution in [0.3, 0.4) is 0 Å². The van der Waals surface area contributed by atoms with Crippen molar-refractivity contribution >= 4 is 23.7 Å². The lowest BCUT2D eigenvalue weighted by Crippen LogP contribution is -2.00. The first-order valence-electron chi connectivity index (χ1n) is 5.64. The molecule has 0 saturated carbocycles. The Bertz CT molecular complexity index is 657. The van der Waals surface area contributed by atoms with E-state index >= 15 is 0 Å². The summed E-state index contributed by atoms with van der Waals surface area (Å²) in [6.45, 7) is 0. The predicted molar refractivity (Wildman–Crippen MR) is 73.1 cm³/mol. The third-order valence-electron chi connectivity index (χ3n) is 2.45. The summed E-state index contributed by atoms with van der Waals surface area (Å²) in [7, 11) is 1.32. The fraction of sp³-hybridized carbons (Fsp3) is 0.0714. The van der Waals surface area contributed by atoms with Crippen LogP contribution >= 0.6 is 11.8 Å². The fourth-order valence-corrected chi connectivity index (χ4v) is 2.44. The quantitative estimate of drug-likeness (QED) is 0.872. The zero-order valence-electron chi connectivity index (χ0n) is 10.6. The van der Waals surface area contributed by atoms with Gasteiger partial charge in [0, 0.05) is 22.2 Å². The molecule has 1 aromatic heterocycles. The lowest BCUT2D eigenvalue weighted by atomic mass is 10.2. The van der Waals surface area contributed by atoms with E-state index in [4.69, 9.17) is 5.11 Å². The van der Waals surface area contributed by atoms with Crippen LogP contribution in [0, 0.1) is 0 Å². The maximum atomic E-state index is 11.4. The number of rotatable bonds is 4. The van der Waals surface area contributed by atoms with Crippen molar-refractivity contribution in [3.05, 3.63) is 53.9 Å². The second-order valence-electron chi connectivity index (χ2n) is 3.84. The highest BCUT2D eigenvalue weighted by Gasteiger charge is 2.08. The van der Waals surface area contributed by atoms with Gasteiger partial charge < -0.3 is 9.84 Å². The first kappa shape index (κ1) is 14.1. The molecule has 0 fully saturated rings. The van der Waals surface area contributed by atoms with Crippen molar-refractivity contribution in [1.82, 2.24) is 4.98 Å². The van der Waals surface area contributed by atoms with Gasteiger partial charge in [0.15, 0.2) is 0 Å². The van der Waals surface area contributed by atoms with Gasteiger partial charge in [-0.05, 0) is 24.3 Å². The summed E-state index contributed by atoms with van der Waals surface area (Å²) < 4.78 is 4.65. The Morgan fingerprint density at radius 3 is 2.60 bits per heavy atom. The summed E-state index contributed by atoms with van der Waals surface area (Å²) >= 11 is 1.33. The molecule has 20 heavy (non-hydrogen) atoms. The number of carbonyl (C=O) groups is 2. The molecule has 0 amide bonds. The number of pyridine rings is 1. The number of methoxy groups -OCH3 is 1. The van der Waals surface area contributed by atoms with Crippen molar-refractivity contribution < 1.29 is 19.4 Å². The van der Waals surface area contributed by atoms with Crippen LogP contribution in [0.1, 0.15) is 20.7 Å². The molecule has 0 bridgehead atoms. The van der Waals surface area contributed by atoms with Crippen molar-refractivity contribution in [3.63, 3.8) is 0 Å². The van der Waals surface area contributed by atoms with E-state index in [1.54, 1.807) is 24.4 Å². The van der Waals surface area contributed by atoms with Gasteiger partial charge in [-0.3, -0.25) is 4.98 Å². The van der Waals surface area contributed by atoms with Crippen LogP contribution in [0.2, 0.25) is 0 Å². The number of aromatic carboxylic acids is 1. The highest BCUT2D eigenvalue weighted by atomic mass is 32.2. The van der Waals surface area contributed by atoms with Crippen molar-refractivity contribution in [2.45, 2.75) is 9.79 Å². The monoisotopic (exact) mass is 289 g/mol. The summed E-state index contributed by atoms with van der Waals surface area (Å²) in [6, 6.07) is 8.43. The van der Waals surface area contributed by atoms with Crippen molar-refractivity contribution in [1.29, 1.82) is 0 Å². The largest absolute Gasteiger partial charge is 0.478 e. The molecule has 1 heterocycles. The number of hydrogen-bond donors (Lipinski definition) is 1. The number of carboxylic acids is 1. The summed E-state index contributed by atoms with van der Waals surface area (Å²) in [5.41, 5.74) is 0.568. The van der Waals surface area contributed by atoms with Crippen LogP contribution in [-0.4, -0.2) is 29.1 Å². The molecule has 5 nitrogen and oxygen atoms in total. The smallest absolute Gasteiger partial charge is 0.337 e. The molecule has 1 N–H and O–H groups in total. The van der Waals surface area contributed by atoms with E-state index in [-0.39, 0.29) is 5.56 Å². The molecule has 1 aromatic carbocycles. The van der Waals surface area contributed by atoms with Crippen LogP contribution in [0.25, 0.3) is 0 Å². The summed E-state index contributed by atoms with van der Waals surface area (Å²) in [5, 5.41) is 8.91. The minimum absolute atomic E-state index is 0.124. The molecule has 0 aliphatic heterocycles. The molecule has 0 radical (unpaired) electrons. The SMILES string of the molecule is COC(=O)c1cccc(Sc2cncc(C(=O)O)c2)c1. The Hall–Kier alpha value is -2.34. The summed E-state index contributed by atoms with van der Waals surface area (Å²) in [6.07, 6.45) is 2.86. The Morgan fingerprint density at radius 1 is 1.15 bits per heavy atom. The molecule has 0 aliphatic rings. The molecule has 6 heteroatoms. The van der Waals surface area contributed by atoms with Gasteiger partial charge in [0.25, 0.3) is 0 Å². The van der Waals surface area contributed by atoms with Gasteiger partial charge in [0.1, 0.15) is 0 Å². The average Bonchev–Trinajstić information content (AvgIpc) is 2.47. The van der Waals surface area contributed by atoms with Gasteiger partial charge in [0.05, 0.1) is 18.2 Å². The van der Waals surface area contributed by atoms with E-state index in [0.717, 1.165) is 4.90 Å². The first-order valence-corrected chi connectivity index (χ1v) is 6.46. The number of benzene rings is 1. The third kappa shape index (κ3) is 3.36. The van der Waals surface area contributed by atoms with Crippen LogP contribution in [0.5, 0.6) is 0 Å². The molecule has 0 atom stereocenters. The van der Waals surface area contributed by atoms with E-state index in [2.05, 4.69) is 9.72 Å². The molecule has 0 unspecified atom stereocenters. The maximum absolute atomic E-state index is 11.4. The molecule has 2 aromatic rings. The lowest BCUT2D eigenvalue weighted by molar-refractivity contribution is 0.0599. The fourth-order valence-electron chi connectivity index (χ4n) is 1.53. The number of carbonyl (C=O) groups excluding carboxylic acids is 1. The van der Waals surface area contributed by atoms with Crippen LogP contribution < -0.4 is 0 Å². The number of hydrogen-bond acceptors (Lipinski definition) is 5. The predicted octanol–water partition coefficient (Wildman–Crippen LogP) is 2.72. The van der Waals surface area contributed by atoms with Crippen molar-refractivity contribution in [2.24, 2.45) is 0 Å². The minimum Gasteiger partial charge on any atom is -0.478 e. The standard InChI is InChI=1S/C14H11NO4S/c1-19-14(18)9-3-2-4-11(5-9)20-12-6-10(13(16)17)7-15-8-12/h2-8H,1H3,(H,16,17). The number of carboxylic acid groups (broad SMARTS) is 1. The molecule has 0 spiro atoms. The number of nitrogens with zero attached hydrogens (tertiary/aromatic N) is 1. The lowest BCUT2D eigenvalue weighted by Gasteiger charge is -2.04. The summed E-state index contributed by atoms with van der Waals surface area (Å²) in [4.78, 5) is 27.7. The van der Waals surface area contributed by atoms with Crippen LogP contribution in [0.4, 0.5) is 0 Å². The first-order chi connectivity index (χ1) is 9.60.